The van der Waals surface area contributed by atoms with E-state index in [2.05, 4.69) is 11.9 Å². The van der Waals surface area contributed by atoms with E-state index in [0.29, 0.717) is 12.3 Å². The number of ether oxygens (including phenoxy) is 1. The molecule has 0 bridgehead atoms. The molecule has 78 valence electrons. The topological polar surface area (TPSA) is 42.1 Å². The van der Waals surface area contributed by atoms with E-state index in [4.69, 9.17) is 4.74 Å². The summed E-state index contributed by atoms with van der Waals surface area (Å²) in [4.78, 5) is 14.4. The number of hydrogen-bond acceptors (Lipinski definition) is 2. The number of carbonyl (C=O) groups is 1. The molecule has 3 nitrogen and oxygen atoms in total. The maximum atomic E-state index is 11.4. The van der Waals surface area contributed by atoms with Crippen LogP contribution in [0, 0.1) is 6.92 Å². The number of aromatic amines is 1. The quantitative estimate of drug-likeness (QED) is 0.750. The second-order valence-electron chi connectivity index (χ2n) is 3.28. The molecule has 0 aliphatic rings. The minimum absolute atomic E-state index is 0.257. The maximum absolute atomic E-state index is 11.4. The van der Waals surface area contributed by atoms with Gasteiger partial charge in [0.1, 0.15) is 5.69 Å². The monoisotopic (exact) mass is 195 g/mol. The van der Waals surface area contributed by atoms with E-state index in [0.717, 1.165) is 18.4 Å². The molecule has 1 heterocycles. The van der Waals surface area contributed by atoms with E-state index in [1.165, 1.54) is 5.56 Å². The molecule has 14 heavy (non-hydrogen) atoms. The van der Waals surface area contributed by atoms with Crippen molar-refractivity contribution in [3.63, 3.8) is 0 Å². The summed E-state index contributed by atoms with van der Waals surface area (Å²) < 4.78 is 4.93. The van der Waals surface area contributed by atoms with Crippen LogP contribution in [0.25, 0.3) is 0 Å². The molecule has 0 aromatic carbocycles. The summed E-state index contributed by atoms with van der Waals surface area (Å²) >= 11 is 0. The second-order valence-corrected chi connectivity index (χ2v) is 3.28. The first-order valence-corrected chi connectivity index (χ1v) is 5.04. The van der Waals surface area contributed by atoms with E-state index in [1.807, 2.05) is 20.0 Å². The van der Waals surface area contributed by atoms with Crippen molar-refractivity contribution in [2.24, 2.45) is 0 Å². The standard InChI is InChI=1S/C11H17NO2/c1-4-6-9-7-12-10(8(9)3)11(13)14-5-2/h7,12H,4-6H2,1-3H3. The Bertz CT molecular complexity index is 315. The molecule has 0 unspecified atom stereocenters. The Kier molecular flexibility index (Phi) is 3.74. The molecular weight excluding hydrogens is 178 g/mol. The molecule has 0 saturated heterocycles. The summed E-state index contributed by atoms with van der Waals surface area (Å²) in [5, 5.41) is 0. The normalized spacial score (nSPS) is 10.2. The van der Waals surface area contributed by atoms with Crippen LogP contribution < -0.4 is 0 Å². The lowest BCUT2D eigenvalue weighted by Gasteiger charge is -2.01. The molecule has 1 N–H and O–H groups in total. The van der Waals surface area contributed by atoms with Gasteiger partial charge in [-0.15, -0.1) is 0 Å². The van der Waals surface area contributed by atoms with Gasteiger partial charge in [0.05, 0.1) is 6.61 Å². The number of rotatable bonds is 4. The van der Waals surface area contributed by atoms with Crippen LogP contribution in [0.15, 0.2) is 6.20 Å². The fraction of sp³-hybridized carbons (Fsp3) is 0.545. The molecule has 0 saturated carbocycles. The molecule has 0 amide bonds. The second kappa shape index (κ2) is 4.84. The lowest BCUT2D eigenvalue weighted by Crippen LogP contribution is -2.06. The smallest absolute Gasteiger partial charge is 0.355 e. The van der Waals surface area contributed by atoms with Gasteiger partial charge in [-0.2, -0.15) is 0 Å². The number of H-pyrrole nitrogens is 1. The van der Waals surface area contributed by atoms with Gasteiger partial charge in [0.25, 0.3) is 0 Å². The predicted octanol–water partition coefficient (Wildman–Crippen LogP) is 2.45. The van der Waals surface area contributed by atoms with Gasteiger partial charge in [-0.3, -0.25) is 0 Å². The van der Waals surface area contributed by atoms with Gasteiger partial charge in [-0.25, -0.2) is 4.79 Å². The maximum Gasteiger partial charge on any atom is 0.355 e. The van der Waals surface area contributed by atoms with Crippen LogP contribution in [0.2, 0.25) is 0 Å². The SMILES string of the molecule is CCCc1c[nH]c(C(=O)OCC)c1C. The zero-order valence-corrected chi connectivity index (χ0v) is 9.02. The summed E-state index contributed by atoms with van der Waals surface area (Å²) in [7, 11) is 0. The van der Waals surface area contributed by atoms with Crippen LogP contribution in [-0.4, -0.2) is 17.6 Å². The molecule has 0 aliphatic heterocycles. The number of aromatic nitrogens is 1. The van der Waals surface area contributed by atoms with Crippen LogP contribution in [0.1, 0.15) is 41.9 Å². The van der Waals surface area contributed by atoms with Crippen molar-refractivity contribution in [2.75, 3.05) is 6.61 Å². The van der Waals surface area contributed by atoms with Gasteiger partial charge in [-0.05, 0) is 31.4 Å². The minimum Gasteiger partial charge on any atom is -0.461 e. The Morgan fingerprint density at radius 3 is 2.79 bits per heavy atom. The zero-order chi connectivity index (χ0) is 10.6. The van der Waals surface area contributed by atoms with E-state index in [-0.39, 0.29) is 5.97 Å². The third kappa shape index (κ3) is 2.16. The highest BCUT2D eigenvalue weighted by molar-refractivity contribution is 5.89. The van der Waals surface area contributed by atoms with Gasteiger partial charge >= 0.3 is 5.97 Å². The van der Waals surface area contributed by atoms with Crippen molar-refractivity contribution in [1.29, 1.82) is 0 Å². The van der Waals surface area contributed by atoms with E-state index in [9.17, 15) is 4.79 Å². The lowest BCUT2D eigenvalue weighted by molar-refractivity contribution is 0.0519. The van der Waals surface area contributed by atoms with E-state index >= 15 is 0 Å². The third-order valence-electron chi connectivity index (χ3n) is 2.25. The zero-order valence-electron chi connectivity index (χ0n) is 9.02. The molecule has 0 atom stereocenters. The third-order valence-corrected chi connectivity index (χ3v) is 2.25. The average Bonchev–Trinajstić information content (AvgIpc) is 2.49. The van der Waals surface area contributed by atoms with Crippen molar-refractivity contribution in [3.8, 4) is 0 Å². The summed E-state index contributed by atoms with van der Waals surface area (Å²) in [6.07, 6.45) is 3.98. The number of nitrogens with one attached hydrogen (secondary N) is 1. The van der Waals surface area contributed by atoms with Crippen LogP contribution in [0.4, 0.5) is 0 Å². The summed E-state index contributed by atoms with van der Waals surface area (Å²) in [5.41, 5.74) is 2.82. The molecule has 0 aliphatic carbocycles. The average molecular weight is 195 g/mol. The van der Waals surface area contributed by atoms with Gasteiger partial charge < -0.3 is 9.72 Å². The van der Waals surface area contributed by atoms with Crippen LogP contribution in [-0.2, 0) is 11.2 Å². The number of carbonyl (C=O) groups excluding carboxylic acids is 1. The van der Waals surface area contributed by atoms with E-state index in [1.54, 1.807) is 0 Å². The first kappa shape index (κ1) is 10.8. The van der Waals surface area contributed by atoms with Gasteiger partial charge in [0.2, 0.25) is 0 Å². The highest BCUT2D eigenvalue weighted by Crippen LogP contribution is 2.15. The van der Waals surface area contributed by atoms with Gasteiger partial charge in [0.15, 0.2) is 0 Å². The number of hydrogen-bond donors (Lipinski definition) is 1. The van der Waals surface area contributed by atoms with Crippen molar-refractivity contribution >= 4 is 5.97 Å². The van der Waals surface area contributed by atoms with Crippen LogP contribution in [0.3, 0.4) is 0 Å². The summed E-state index contributed by atoms with van der Waals surface area (Å²) in [6.45, 7) is 6.30. The first-order valence-electron chi connectivity index (χ1n) is 5.04. The lowest BCUT2D eigenvalue weighted by atomic mass is 10.1. The number of esters is 1. The Morgan fingerprint density at radius 2 is 2.21 bits per heavy atom. The van der Waals surface area contributed by atoms with Gasteiger partial charge in [0, 0.05) is 6.20 Å². The molecular formula is C11H17NO2. The Labute approximate surface area is 84.5 Å². The number of aryl methyl sites for hydroxylation is 1. The highest BCUT2D eigenvalue weighted by atomic mass is 16.5. The Morgan fingerprint density at radius 1 is 1.50 bits per heavy atom. The fourth-order valence-electron chi connectivity index (χ4n) is 1.48. The van der Waals surface area contributed by atoms with Crippen molar-refractivity contribution < 1.29 is 9.53 Å². The molecule has 0 spiro atoms. The van der Waals surface area contributed by atoms with Gasteiger partial charge in [-0.1, -0.05) is 13.3 Å². The Balaban J connectivity index is 2.83. The summed E-state index contributed by atoms with van der Waals surface area (Å²) in [6, 6.07) is 0. The molecule has 3 heteroatoms. The van der Waals surface area contributed by atoms with Crippen molar-refractivity contribution in [3.05, 3.63) is 23.0 Å². The minimum atomic E-state index is -0.257. The highest BCUT2D eigenvalue weighted by Gasteiger charge is 2.14. The molecule has 0 fully saturated rings. The van der Waals surface area contributed by atoms with Crippen LogP contribution >= 0.6 is 0 Å². The Hall–Kier alpha value is -1.25. The molecule has 1 aromatic heterocycles. The van der Waals surface area contributed by atoms with Crippen molar-refractivity contribution in [1.82, 2.24) is 4.98 Å². The van der Waals surface area contributed by atoms with Crippen LogP contribution in [0.5, 0.6) is 0 Å². The van der Waals surface area contributed by atoms with Crippen molar-refractivity contribution in [2.45, 2.75) is 33.6 Å². The molecule has 0 radical (unpaired) electrons. The first-order chi connectivity index (χ1) is 6.70. The van der Waals surface area contributed by atoms with E-state index < -0.39 is 0 Å². The molecule has 1 rings (SSSR count). The summed E-state index contributed by atoms with van der Waals surface area (Å²) in [5.74, 6) is -0.257. The molecule has 1 aromatic rings. The fourth-order valence-corrected chi connectivity index (χ4v) is 1.48. The largest absolute Gasteiger partial charge is 0.461 e. The predicted molar refractivity (Wildman–Crippen MR) is 55.5 cm³/mol.